The van der Waals surface area contributed by atoms with E-state index in [1.807, 2.05) is 67.6 Å². The van der Waals surface area contributed by atoms with Gasteiger partial charge in [-0.2, -0.15) is 0 Å². The Morgan fingerprint density at radius 2 is 1.71 bits per heavy atom. The van der Waals surface area contributed by atoms with Crippen molar-refractivity contribution in [2.45, 2.75) is 146 Å². The number of allylic oxidation sites excluding steroid dienone is 8. The maximum atomic E-state index is 15.1. The van der Waals surface area contributed by atoms with Crippen LogP contribution >= 0.6 is 0 Å². The number of carbonyl (C=O) groups excluding carboxylic acids is 2. The number of phenolic OH excluding ortho intramolecular Hbond substituents is 1. The molecule has 0 saturated heterocycles. The Hall–Kier alpha value is -5.71. The average Bonchev–Trinajstić information content (AvgIpc) is 3.68. The van der Waals surface area contributed by atoms with E-state index in [-0.39, 0.29) is 49.5 Å². The smallest absolute Gasteiger partial charge is 0.243 e. The third-order valence-corrected chi connectivity index (χ3v) is 17.9. The molecule has 14 heteroatoms. The number of β-amino-alcohol motifs (C(OH)–C–C–N with tert-alkyl or cyclic N) is 1. The number of carbonyl (C=O) groups is 2. The van der Waals surface area contributed by atoms with Crippen LogP contribution in [0.2, 0.25) is 0 Å². The number of nitrogens with one attached hydrogen (secondary N) is 2. The third kappa shape index (κ3) is 12.0. The van der Waals surface area contributed by atoms with E-state index in [1.54, 1.807) is 24.3 Å². The van der Waals surface area contributed by atoms with Crippen LogP contribution in [-0.4, -0.2) is 91.9 Å². The molecule has 2 aliphatic heterocycles. The molecule has 3 aromatic rings. The highest BCUT2D eigenvalue weighted by atomic mass is 16.3. The van der Waals surface area contributed by atoms with Gasteiger partial charge in [-0.25, -0.2) is 0 Å². The molecule has 1 amide bonds. The molecule has 5 aliphatic rings. The van der Waals surface area contributed by atoms with Crippen LogP contribution in [0, 0.1) is 29.1 Å². The summed E-state index contributed by atoms with van der Waals surface area (Å²) in [6, 6.07) is 19.1. The fourth-order valence-electron chi connectivity index (χ4n) is 14.1. The van der Waals surface area contributed by atoms with Gasteiger partial charge in [-0.15, -0.1) is 0 Å². The molecular weight excluding hydrogens is 957 g/mol. The number of ketones is 1. The van der Waals surface area contributed by atoms with Gasteiger partial charge in [0, 0.05) is 36.8 Å². The first kappa shape index (κ1) is 56.5. The van der Waals surface area contributed by atoms with Crippen molar-refractivity contribution >= 4 is 17.6 Å². The van der Waals surface area contributed by atoms with Gasteiger partial charge in [-0.05, 0) is 166 Å². The number of nitrogens with two attached hydrogens (primary N) is 3. The lowest BCUT2D eigenvalue weighted by Crippen LogP contribution is -2.61. The summed E-state index contributed by atoms with van der Waals surface area (Å²) in [5, 5.41) is 78.5. The van der Waals surface area contributed by atoms with E-state index >= 15 is 4.79 Å². The van der Waals surface area contributed by atoms with Gasteiger partial charge in [0.25, 0.3) is 0 Å². The molecule has 408 valence electrons. The maximum Gasteiger partial charge on any atom is 0.243 e. The fraction of sp³-hybridized carbons (Fsp3) is 0.500. The molecule has 8 rings (SSSR count). The summed E-state index contributed by atoms with van der Waals surface area (Å²) < 4.78 is 0. The van der Waals surface area contributed by atoms with Crippen molar-refractivity contribution in [1.29, 1.82) is 0 Å². The third-order valence-electron chi connectivity index (χ3n) is 17.9. The summed E-state index contributed by atoms with van der Waals surface area (Å²) in [7, 11) is 0. The number of amides is 1. The molecule has 4 bridgehead atoms. The molecule has 14 N–H and O–H groups in total. The molecule has 3 saturated carbocycles. The van der Waals surface area contributed by atoms with Gasteiger partial charge in [-0.1, -0.05) is 109 Å². The van der Waals surface area contributed by atoms with Gasteiger partial charge in [0.05, 0.1) is 30.5 Å². The maximum absolute atomic E-state index is 15.1. The Morgan fingerprint density at radius 3 is 2.43 bits per heavy atom. The second-order valence-corrected chi connectivity index (χ2v) is 22.8. The normalized spacial score (nSPS) is 31.7. The number of aliphatic imine (C=N–C) groups is 1. The highest BCUT2D eigenvalue weighted by molar-refractivity contribution is 5.98. The number of aromatic hydroxyl groups is 1. The second-order valence-electron chi connectivity index (χ2n) is 22.8. The zero-order valence-electron chi connectivity index (χ0n) is 44.6. The zero-order chi connectivity index (χ0) is 54.5. The van der Waals surface area contributed by atoms with Crippen molar-refractivity contribution < 1.29 is 40.2 Å². The quantitative estimate of drug-likeness (QED) is 0.0420. The first-order chi connectivity index (χ1) is 36.3. The molecule has 0 unspecified atom stereocenters. The predicted octanol–water partition coefficient (Wildman–Crippen LogP) is 6.60. The molecule has 76 heavy (non-hydrogen) atoms. The van der Waals surface area contributed by atoms with Crippen molar-refractivity contribution in [3.63, 3.8) is 0 Å². The molecule has 14 nitrogen and oxygen atoms in total. The summed E-state index contributed by atoms with van der Waals surface area (Å²) >= 11 is 0. The monoisotopic (exact) mass is 1040 g/mol. The molecule has 3 aliphatic carbocycles. The van der Waals surface area contributed by atoms with Crippen molar-refractivity contribution in [2.24, 2.45) is 51.3 Å². The Bertz CT molecular complexity index is 2760. The molecule has 12 atom stereocenters. The standard InChI is InChI=1S/C62H82N6O8/c1-36(2)10-5-11-37(3)12-6-16-44(35-69)54-43-17-9-26-61(76)27-25-47-38(4)52(72)31-42-15-8-18-48-55(42)56(59(75)68-58(48)63)66-34-53(73)49(50(33-67-60(64)65)41-19-21-45(70)22-20-41)30-40-14-7-13-39(28-40)29-46(71)23-24-51(47)62(61,32-43)57(54)74/h6-8,10,12-16,18-22,28,43,46,49-51,53-54,56-58,66,69-71,73-74,76H,3,5,9,11,17,23-27,29-35,63H2,1-2,4H3,(H,68,75)(H4,64,65,67)/b12-6+,44-16-,47-38+/t43-,46+,49+,50-,51-,53-,54-,56-,57-,58-,61-,62-/m1/s1. The molecule has 1 spiro atoms. The Kier molecular flexibility index (Phi) is 18.1. The van der Waals surface area contributed by atoms with Crippen molar-refractivity contribution in [3.05, 3.63) is 159 Å². The molecule has 3 fully saturated rings. The number of hydrogen-bond acceptors (Lipinski definition) is 11. The van der Waals surface area contributed by atoms with Crippen molar-refractivity contribution in [3.8, 4) is 5.75 Å². The van der Waals surface area contributed by atoms with Crippen LogP contribution in [-0.2, 0) is 28.9 Å². The number of aliphatic hydroxyl groups is 5. The molecule has 0 aromatic heterocycles. The summed E-state index contributed by atoms with van der Waals surface area (Å²) in [6.45, 7) is 10.0. The lowest BCUT2D eigenvalue weighted by atomic mass is 9.51. The van der Waals surface area contributed by atoms with Crippen LogP contribution in [0.4, 0.5) is 0 Å². The molecular formula is C62H82N6O8. The number of fused-ring (bicyclic) bond motifs is 4. The minimum absolute atomic E-state index is 0.0492. The Labute approximate surface area is 448 Å². The number of nitrogens with zero attached hydrogens (tertiary/aromatic N) is 1. The van der Waals surface area contributed by atoms with E-state index in [9.17, 15) is 35.4 Å². The molecule has 3 aromatic carbocycles. The number of benzene rings is 3. The minimum atomic E-state index is -1.28. The van der Waals surface area contributed by atoms with Crippen LogP contribution in [0.3, 0.4) is 0 Å². The number of hydrogen-bond donors (Lipinski definition) is 11. The van der Waals surface area contributed by atoms with E-state index < -0.39 is 71.1 Å². The summed E-state index contributed by atoms with van der Waals surface area (Å²) in [6.07, 6.45) is 10.3. The van der Waals surface area contributed by atoms with Crippen LogP contribution in [0.15, 0.2) is 130 Å². The summed E-state index contributed by atoms with van der Waals surface area (Å²) in [4.78, 5) is 33.7. The van der Waals surface area contributed by atoms with Crippen LogP contribution in [0.25, 0.3) is 0 Å². The van der Waals surface area contributed by atoms with Crippen molar-refractivity contribution in [2.75, 3.05) is 19.7 Å². The zero-order valence-corrected chi connectivity index (χ0v) is 44.6. The highest BCUT2D eigenvalue weighted by Gasteiger charge is 2.68. The van der Waals surface area contributed by atoms with E-state index in [0.29, 0.717) is 79.2 Å². The number of guanidine groups is 1. The van der Waals surface area contributed by atoms with Crippen LogP contribution in [0.1, 0.15) is 136 Å². The fourth-order valence-corrected chi connectivity index (χ4v) is 14.1. The SMILES string of the molecule is C=C(/C=C/C=C(/CO)[C@H]1[C@@H]2CCC[C@@]3(O)CC/C4=C(/C)C(=O)Cc5cccc6c5[C@@H](NC[C@@H](O)[C@H]([C@H](CN=C(N)N)c5ccc(O)cc5)Cc5cccc(c5)C[C@@H](O)CC[C@H]4[C@]3(C2)[C@@H]1O)C(=O)N[C@H]6N)CCC=C(C)C. The topological polar surface area (TPSA) is 270 Å². The van der Waals surface area contributed by atoms with Gasteiger partial charge < -0.3 is 53.2 Å². The first-order valence-electron chi connectivity index (χ1n) is 27.5. The average molecular weight is 1040 g/mol. The second kappa shape index (κ2) is 24.3. The van der Waals surface area contributed by atoms with E-state index in [0.717, 1.165) is 53.5 Å². The van der Waals surface area contributed by atoms with Gasteiger partial charge in [0.15, 0.2) is 11.7 Å². The summed E-state index contributed by atoms with van der Waals surface area (Å²) in [5.41, 5.74) is 24.7. The van der Waals surface area contributed by atoms with Gasteiger partial charge >= 0.3 is 0 Å². The van der Waals surface area contributed by atoms with Gasteiger partial charge in [0.1, 0.15) is 18.0 Å². The Morgan fingerprint density at radius 1 is 0.974 bits per heavy atom. The predicted molar refractivity (Wildman–Crippen MR) is 297 cm³/mol. The minimum Gasteiger partial charge on any atom is -0.508 e. The highest BCUT2D eigenvalue weighted by Crippen LogP contribution is 2.68. The van der Waals surface area contributed by atoms with Gasteiger partial charge in [0.2, 0.25) is 5.91 Å². The number of phenols is 1. The number of aliphatic hydroxyl groups excluding tert-OH is 4. The lowest BCUT2D eigenvalue weighted by Gasteiger charge is -2.57. The van der Waals surface area contributed by atoms with Crippen LogP contribution < -0.4 is 27.8 Å². The first-order valence-corrected chi connectivity index (χ1v) is 27.5. The van der Waals surface area contributed by atoms with E-state index in [1.165, 1.54) is 5.57 Å². The molecule has 2 heterocycles. The van der Waals surface area contributed by atoms with Crippen LogP contribution in [0.5, 0.6) is 5.75 Å². The molecule has 0 radical (unpaired) electrons. The van der Waals surface area contributed by atoms with E-state index in [4.69, 9.17) is 17.2 Å². The van der Waals surface area contributed by atoms with E-state index in [2.05, 4.69) is 42.1 Å². The number of Topliss-reactive ketones (excluding diaryl/α,β-unsaturated/α-hetero) is 1. The largest absolute Gasteiger partial charge is 0.508 e. The van der Waals surface area contributed by atoms with Gasteiger partial charge in [-0.3, -0.25) is 19.9 Å². The lowest BCUT2D eigenvalue weighted by molar-refractivity contribution is -0.181. The van der Waals surface area contributed by atoms with Crippen molar-refractivity contribution in [1.82, 2.24) is 10.6 Å². The number of rotatable bonds is 11. The Balaban J connectivity index is 1.22. The summed E-state index contributed by atoms with van der Waals surface area (Å²) in [5.74, 6) is -2.62.